The maximum absolute atomic E-state index is 14.3. The predicted molar refractivity (Wildman–Crippen MR) is 141 cm³/mol. The first-order valence-corrected chi connectivity index (χ1v) is 12.8. The summed E-state index contributed by atoms with van der Waals surface area (Å²) in [4.78, 5) is 37.0. The third-order valence-corrected chi connectivity index (χ3v) is 7.50. The highest BCUT2D eigenvalue weighted by molar-refractivity contribution is 6.53. The molecule has 0 aromatic heterocycles. The lowest BCUT2D eigenvalue weighted by Gasteiger charge is -2.13. The Labute approximate surface area is 251 Å². The number of amides is 3. The molecule has 1 aliphatic rings. The summed E-state index contributed by atoms with van der Waals surface area (Å²) >= 11 is 18.4. The smallest absolute Gasteiger partial charge is 0.326 e. The number of hydrogen-bond donors (Lipinski definition) is 3. The van der Waals surface area contributed by atoms with Crippen molar-refractivity contribution >= 4 is 69.6 Å². The second-order valence-corrected chi connectivity index (χ2v) is 11.0. The maximum atomic E-state index is 14.3. The highest BCUT2D eigenvalue weighted by Gasteiger charge is 2.67. The zero-order valence-electron chi connectivity index (χ0n) is 20.7. The standard InChI is InChI=1S/C26H14Cl3F8N3O3/c27-13-3-2-10(6-11(13)22(41)39-17-8-18(16(32)7-15(17)31)40-24(43)21(33)34)38-23(42)20-19(25(20,28)29)9-1-4-14(30)12(5-9)26(35,36)37/h1-8,19-21H,(H,38,42)(H,39,41)(H,40,43)/t19?,20-/m1/s1. The molecule has 0 saturated heterocycles. The summed E-state index contributed by atoms with van der Waals surface area (Å²) in [6, 6.07) is 6.25. The van der Waals surface area contributed by atoms with Crippen LogP contribution in [-0.4, -0.2) is 28.5 Å². The molecule has 0 aliphatic heterocycles. The number of carbonyl (C=O) groups excluding carboxylic acids is 3. The van der Waals surface area contributed by atoms with Crippen molar-refractivity contribution in [3.63, 3.8) is 0 Å². The number of anilines is 3. The second-order valence-electron chi connectivity index (χ2n) is 9.11. The number of rotatable bonds is 7. The molecule has 3 aromatic rings. The van der Waals surface area contributed by atoms with Crippen LogP contribution in [0.4, 0.5) is 52.2 Å². The van der Waals surface area contributed by atoms with Gasteiger partial charge in [-0.3, -0.25) is 14.4 Å². The Bertz CT molecular complexity index is 1640. The van der Waals surface area contributed by atoms with E-state index in [2.05, 4.69) is 5.32 Å². The molecule has 0 bridgehead atoms. The fourth-order valence-corrected chi connectivity index (χ4v) is 5.17. The third-order valence-electron chi connectivity index (χ3n) is 6.23. The number of halogens is 11. The van der Waals surface area contributed by atoms with E-state index in [0.29, 0.717) is 18.2 Å². The fourth-order valence-electron chi connectivity index (χ4n) is 4.14. The zero-order chi connectivity index (χ0) is 32.0. The highest BCUT2D eigenvalue weighted by Crippen LogP contribution is 2.65. The summed E-state index contributed by atoms with van der Waals surface area (Å²) < 4.78 is 105. The quantitative estimate of drug-likeness (QED) is 0.177. The molecule has 1 fully saturated rings. The molecule has 0 heterocycles. The van der Waals surface area contributed by atoms with Crippen LogP contribution < -0.4 is 16.0 Å². The van der Waals surface area contributed by atoms with Crippen molar-refractivity contribution in [2.24, 2.45) is 5.92 Å². The topological polar surface area (TPSA) is 87.3 Å². The van der Waals surface area contributed by atoms with E-state index in [1.165, 1.54) is 11.4 Å². The van der Waals surface area contributed by atoms with Crippen molar-refractivity contribution in [3.05, 3.63) is 87.7 Å². The molecule has 1 saturated carbocycles. The average Bonchev–Trinajstić information content (AvgIpc) is 3.49. The number of alkyl halides is 7. The van der Waals surface area contributed by atoms with E-state index in [-0.39, 0.29) is 27.9 Å². The van der Waals surface area contributed by atoms with E-state index in [1.54, 1.807) is 0 Å². The molecule has 2 atom stereocenters. The predicted octanol–water partition coefficient (Wildman–Crippen LogP) is 7.76. The normalized spacial score (nSPS) is 17.4. The SMILES string of the molecule is O=C(Nc1cc(NC(=O)C(F)F)c(F)cc1F)c1cc(NC(=O)[C@H]2C(c3ccc(F)c(C(F)(F)F)c3)C2(Cl)Cl)ccc1Cl. The van der Waals surface area contributed by atoms with E-state index in [4.69, 9.17) is 34.8 Å². The van der Waals surface area contributed by atoms with Gasteiger partial charge in [-0.15, -0.1) is 23.2 Å². The van der Waals surface area contributed by atoms with Crippen molar-refractivity contribution in [1.29, 1.82) is 0 Å². The minimum absolute atomic E-state index is 0.0890. The molecular weight excluding hydrogens is 661 g/mol. The van der Waals surface area contributed by atoms with Gasteiger partial charge in [-0.25, -0.2) is 13.2 Å². The third kappa shape index (κ3) is 6.81. The molecule has 1 aliphatic carbocycles. The fraction of sp³-hybridized carbons (Fsp3) is 0.192. The van der Waals surface area contributed by atoms with Gasteiger partial charge in [0, 0.05) is 17.7 Å². The molecule has 1 unspecified atom stereocenters. The number of nitrogens with one attached hydrogen (secondary N) is 3. The zero-order valence-corrected chi connectivity index (χ0v) is 23.0. The minimum Gasteiger partial charge on any atom is -0.326 e. The van der Waals surface area contributed by atoms with Gasteiger partial charge < -0.3 is 16.0 Å². The average molecular weight is 675 g/mol. The Morgan fingerprint density at radius 2 is 1.44 bits per heavy atom. The van der Waals surface area contributed by atoms with E-state index < -0.39 is 80.9 Å². The summed E-state index contributed by atoms with van der Waals surface area (Å²) in [6.07, 6.45) is -8.53. The lowest BCUT2D eigenvalue weighted by Crippen LogP contribution is -2.21. The Kier molecular flexibility index (Phi) is 8.87. The van der Waals surface area contributed by atoms with Gasteiger partial charge in [0.2, 0.25) is 5.91 Å². The molecule has 3 amide bonds. The molecule has 6 nitrogen and oxygen atoms in total. The summed E-state index contributed by atoms with van der Waals surface area (Å²) in [7, 11) is 0. The minimum atomic E-state index is -5.02. The van der Waals surface area contributed by atoms with E-state index in [1.807, 2.05) is 5.32 Å². The Morgan fingerprint density at radius 1 is 0.814 bits per heavy atom. The van der Waals surface area contributed by atoms with Gasteiger partial charge in [0.15, 0.2) is 0 Å². The van der Waals surface area contributed by atoms with Crippen LogP contribution >= 0.6 is 34.8 Å². The summed E-state index contributed by atoms with van der Waals surface area (Å²) in [5.74, 6) is -10.6. The van der Waals surface area contributed by atoms with Gasteiger partial charge in [-0.1, -0.05) is 17.7 Å². The van der Waals surface area contributed by atoms with Crippen molar-refractivity contribution in [2.45, 2.75) is 22.9 Å². The molecule has 17 heteroatoms. The van der Waals surface area contributed by atoms with Crippen molar-refractivity contribution in [3.8, 4) is 0 Å². The van der Waals surface area contributed by atoms with Crippen LogP contribution in [0.2, 0.25) is 5.02 Å². The van der Waals surface area contributed by atoms with Crippen LogP contribution in [0.25, 0.3) is 0 Å². The van der Waals surface area contributed by atoms with E-state index in [0.717, 1.165) is 18.2 Å². The molecular formula is C26H14Cl3F8N3O3. The summed E-state index contributed by atoms with van der Waals surface area (Å²) in [6.45, 7) is 0. The maximum Gasteiger partial charge on any atom is 0.419 e. The molecule has 3 aromatic carbocycles. The number of benzene rings is 3. The van der Waals surface area contributed by atoms with Gasteiger partial charge in [0.25, 0.3) is 11.8 Å². The summed E-state index contributed by atoms with van der Waals surface area (Å²) in [5.41, 5.74) is -3.77. The Balaban J connectivity index is 1.53. The largest absolute Gasteiger partial charge is 0.419 e. The van der Waals surface area contributed by atoms with Crippen LogP contribution in [0.15, 0.2) is 48.5 Å². The highest BCUT2D eigenvalue weighted by atomic mass is 35.5. The van der Waals surface area contributed by atoms with Crippen molar-refractivity contribution < 1.29 is 49.5 Å². The monoisotopic (exact) mass is 673 g/mol. The van der Waals surface area contributed by atoms with Gasteiger partial charge >= 0.3 is 12.6 Å². The van der Waals surface area contributed by atoms with Gasteiger partial charge in [-0.2, -0.15) is 22.0 Å². The Morgan fingerprint density at radius 3 is 2.05 bits per heavy atom. The van der Waals surface area contributed by atoms with Crippen molar-refractivity contribution in [2.75, 3.05) is 16.0 Å². The lowest BCUT2D eigenvalue weighted by molar-refractivity contribution is -0.140. The van der Waals surface area contributed by atoms with Gasteiger partial charge in [-0.05, 0) is 42.0 Å². The van der Waals surface area contributed by atoms with Crippen LogP contribution in [0.1, 0.15) is 27.4 Å². The molecule has 4 rings (SSSR count). The first kappa shape index (κ1) is 32.3. The molecule has 43 heavy (non-hydrogen) atoms. The lowest BCUT2D eigenvalue weighted by atomic mass is 10.0. The van der Waals surface area contributed by atoms with Gasteiger partial charge in [0.05, 0.1) is 33.4 Å². The van der Waals surface area contributed by atoms with Crippen LogP contribution in [0.3, 0.4) is 0 Å². The van der Waals surface area contributed by atoms with Crippen LogP contribution in [0, 0.1) is 23.4 Å². The Hall–Kier alpha value is -3.62. The molecule has 228 valence electrons. The van der Waals surface area contributed by atoms with Crippen LogP contribution in [0.5, 0.6) is 0 Å². The number of carbonyl (C=O) groups is 3. The first-order chi connectivity index (χ1) is 19.9. The summed E-state index contributed by atoms with van der Waals surface area (Å²) in [5, 5.41) is 5.73. The van der Waals surface area contributed by atoms with E-state index >= 15 is 0 Å². The molecule has 3 N–H and O–H groups in total. The molecule has 0 radical (unpaired) electrons. The number of hydrogen-bond acceptors (Lipinski definition) is 3. The van der Waals surface area contributed by atoms with Crippen LogP contribution in [-0.2, 0) is 15.8 Å². The second kappa shape index (κ2) is 11.8. The first-order valence-electron chi connectivity index (χ1n) is 11.7. The van der Waals surface area contributed by atoms with Gasteiger partial charge in [0.1, 0.15) is 21.8 Å². The van der Waals surface area contributed by atoms with E-state index in [9.17, 15) is 49.5 Å². The van der Waals surface area contributed by atoms with Crippen molar-refractivity contribution in [1.82, 2.24) is 0 Å². The molecule has 0 spiro atoms.